The highest BCUT2D eigenvalue weighted by Crippen LogP contribution is 2.42. The molecule has 1 aromatic carbocycles. The molecule has 1 aliphatic carbocycles. The standard InChI is InChI=1S/C27H28N8O3/c1-37-16-25(36)34-27-32-22(19-6-3-5-17(11-19)13-28)12-23(33-27)24(35-29)15-30-14-20-7-4-8-21(31-20)26(38-2)18-9-10-18/h3-8,11-12,15,18,26H,9-10,14,16,29H2,1-2H3,(H,32,33,34,36). The van der Waals surface area contributed by atoms with Gasteiger partial charge in [-0.3, -0.25) is 20.1 Å². The largest absolute Gasteiger partial charge is 0.375 e. The molecule has 2 heterocycles. The molecule has 0 saturated heterocycles. The molecule has 0 bridgehead atoms. The van der Waals surface area contributed by atoms with Gasteiger partial charge >= 0.3 is 0 Å². The van der Waals surface area contributed by atoms with Crippen molar-refractivity contribution in [3.05, 3.63) is 71.2 Å². The number of pyridine rings is 1. The minimum absolute atomic E-state index is 0.00851. The Morgan fingerprint density at radius 3 is 2.74 bits per heavy atom. The molecular formula is C27H28N8O3. The van der Waals surface area contributed by atoms with E-state index in [1.165, 1.54) is 13.3 Å². The van der Waals surface area contributed by atoms with Gasteiger partial charge in [0.15, 0.2) is 0 Å². The monoisotopic (exact) mass is 512 g/mol. The number of rotatable bonds is 11. The summed E-state index contributed by atoms with van der Waals surface area (Å²) in [5.74, 6) is 5.82. The van der Waals surface area contributed by atoms with Crippen LogP contribution in [-0.2, 0) is 20.8 Å². The lowest BCUT2D eigenvalue weighted by atomic mass is 10.1. The number of nitrogens with two attached hydrogens (primary N) is 1. The summed E-state index contributed by atoms with van der Waals surface area (Å²) < 4.78 is 10.5. The summed E-state index contributed by atoms with van der Waals surface area (Å²) in [5.41, 5.74) is 3.88. The summed E-state index contributed by atoms with van der Waals surface area (Å²) in [4.78, 5) is 30.1. The number of ether oxygens (including phenoxy) is 2. The lowest BCUT2D eigenvalue weighted by Crippen LogP contribution is -2.20. The van der Waals surface area contributed by atoms with E-state index in [-0.39, 0.29) is 24.4 Å². The molecule has 0 radical (unpaired) electrons. The minimum atomic E-state index is -0.423. The number of nitriles is 1. The van der Waals surface area contributed by atoms with Gasteiger partial charge in [0.05, 0.1) is 47.2 Å². The van der Waals surface area contributed by atoms with Gasteiger partial charge < -0.3 is 15.3 Å². The van der Waals surface area contributed by atoms with Crippen LogP contribution >= 0.6 is 0 Å². The average molecular weight is 513 g/mol. The van der Waals surface area contributed by atoms with Gasteiger partial charge in [0.1, 0.15) is 18.4 Å². The first kappa shape index (κ1) is 26.5. The number of hydrogen-bond donors (Lipinski definition) is 2. The smallest absolute Gasteiger partial charge is 0.252 e. The van der Waals surface area contributed by atoms with E-state index in [2.05, 4.69) is 31.4 Å². The van der Waals surface area contributed by atoms with Crippen molar-refractivity contribution in [3.63, 3.8) is 0 Å². The van der Waals surface area contributed by atoms with Gasteiger partial charge in [-0.25, -0.2) is 9.97 Å². The molecule has 1 unspecified atom stereocenters. The Morgan fingerprint density at radius 1 is 1.21 bits per heavy atom. The number of nitrogens with zero attached hydrogens (tertiary/aromatic N) is 6. The molecule has 1 saturated carbocycles. The Labute approximate surface area is 220 Å². The van der Waals surface area contributed by atoms with Crippen molar-refractivity contribution in [2.75, 3.05) is 26.1 Å². The molecule has 1 fully saturated rings. The second kappa shape index (κ2) is 12.6. The number of hydrogen-bond acceptors (Lipinski definition) is 10. The first-order valence-corrected chi connectivity index (χ1v) is 12.0. The van der Waals surface area contributed by atoms with E-state index in [4.69, 9.17) is 20.3 Å². The van der Waals surface area contributed by atoms with Crippen LogP contribution in [0.3, 0.4) is 0 Å². The summed E-state index contributed by atoms with van der Waals surface area (Å²) in [5, 5.41) is 15.7. The molecule has 2 aromatic heterocycles. The van der Waals surface area contributed by atoms with Crippen LogP contribution in [0.15, 0.2) is 58.6 Å². The Hall–Kier alpha value is -4.53. The summed E-state index contributed by atoms with van der Waals surface area (Å²) in [6.45, 7) is 0.135. The fourth-order valence-corrected chi connectivity index (χ4v) is 3.91. The molecular weight excluding hydrogens is 484 g/mol. The lowest BCUT2D eigenvalue weighted by Gasteiger charge is -2.14. The second-order valence-corrected chi connectivity index (χ2v) is 8.67. The molecule has 0 spiro atoms. The van der Waals surface area contributed by atoms with E-state index in [1.54, 1.807) is 37.4 Å². The summed E-state index contributed by atoms with van der Waals surface area (Å²) in [7, 11) is 3.12. The predicted molar refractivity (Wildman–Crippen MR) is 142 cm³/mol. The summed E-state index contributed by atoms with van der Waals surface area (Å²) in [6.07, 6.45) is 3.79. The Balaban J connectivity index is 1.59. The normalized spacial score (nSPS) is 14.3. The predicted octanol–water partition coefficient (Wildman–Crippen LogP) is 3.03. The van der Waals surface area contributed by atoms with Gasteiger partial charge in [-0.05, 0) is 49.1 Å². The van der Waals surface area contributed by atoms with Crippen molar-refractivity contribution in [2.24, 2.45) is 21.9 Å². The maximum Gasteiger partial charge on any atom is 0.252 e. The van der Waals surface area contributed by atoms with E-state index in [0.717, 1.165) is 24.2 Å². The molecule has 3 aromatic rings. The van der Waals surface area contributed by atoms with Crippen molar-refractivity contribution < 1.29 is 14.3 Å². The molecule has 1 atom stereocenters. The van der Waals surface area contributed by atoms with Crippen molar-refractivity contribution in [1.29, 1.82) is 5.26 Å². The van der Waals surface area contributed by atoms with Crippen LogP contribution in [0.4, 0.5) is 5.95 Å². The van der Waals surface area contributed by atoms with E-state index >= 15 is 0 Å². The first-order valence-electron chi connectivity index (χ1n) is 12.0. The van der Waals surface area contributed by atoms with Gasteiger partial charge in [0.25, 0.3) is 5.91 Å². The molecule has 0 aliphatic heterocycles. The Morgan fingerprint density at radius 2 is 2.03 bits per heavy atom. The van der Waals surface area contributed by atoms with Gasteiger partial charge in [-0.15, -0.1) is 0 Å². The number of aliphatic imine (C=N–C) groups is 1. The number of carbonyl (C=O) groups excluding carboxylic acids is 1. The highest BCUT2D eigenvalue weighted by atomic mass is 16.5. The summed E-state index contributed by atoms with van der Waals surface area (Å²) >= 11 is 0. The highest BCUT2D eigenvalue weighted by molar-refractivity contribution is 6.37. The van der Waals surface area contributed by atoms with Gasteiger partial charge in [-0.1, -0.05) is 18.2 Å². The number of amides is 1. The number of aromatic nitrogens is 3. The van der Waals surface area contributed by atoms with Crippen LogP contribution in [0.1, 0.15) is 41.6 Å². The van der Waals surface area contributed by atoms with Crippen LogP contribution in [0.25, 0.3) is 11.3 Å². The lowest BCUT2D eigenvalue weighted by molar-refractivity contribution is -0.119. The highest BCUT2D eigenvalue weighted by Gasteiger charge is 2.33. The number of methoxy groups -OCH3 is 2. The zero-order chi connectivity index (χ0) is 26.9. The topological polar surface area (TPSA) is 161 Å². The molecule has 38 heavy (non-hydrogen) atoms. The van der Waals surface area contributed by atoms with Crippen LogP contribution in [0, 0.1) is 17.2 Å². The Bertz CT molecular complexity index is 1400. The maximum atomic E-state index is 12.1. The third kappa shape index (κ3) is 6.82. The number of anilines is 1. The molecule has 194 valence electrons. The second-order valence-electron chi connectivity index (χ2n) is 8.67. The van der Waals surface area contributed by atoms with E-state index in [0.29, 0.717) is 35.0 Å². The number of carbonyl (C=O) groups is 1. The van der Waals surface area contributed by atoms with Crippen LogP contribution in [0.5, 0.6) is 0 Å². The number of hydrazone groups is 1. The Kier molecular flexibility index (Phi) is 8.81. The molecule has 1 amide bonds. The minimum Gasteiger partial charge on any atom is -0.375 e. The molecule has 4 rings (SSSR count). The fraction of sp³-hybridized carbons (Fsp3) is 0.296. The molecule has 1 aliphatic rings. The molecule has 3 N–H and O–H groups in total. The average Bonchev–Trinajstić information content (AvgIpc) is 3.77. The van der Waals surface area contributed by atoms with E-state index in [1.807, 2.05) is 18.2 Å². The zero-order valence-electron chi connectivity index (χ0n) is 21.2. The number of nitrogens with one attached hydrogen (secondary N) is 1. The van der Waals surface area contributed by atoms with Gasteiger partial charge in [0, 0.05) is 19.8 Å². The SMILES string of the molecule is COCC(=O)Nc1nc(C(C=NCc2cccc(C(OC)C3CC3)n2)=NN)cc(-c2cccc(C#N)c2)n1. The molecule has 11 nitrogen and oxygen atoms in total. The zero-order valence-corrected chi connectivity index (χ0v) is 21.2. The van der Waals surface area contributed by atoms with Crippen molar-refractivity contribution >= 4 is 23.8 Å². The van der Waals surface area contributed by atoms with Crippen LogP contribution < -0.4 is 11.2 Å². The van der Waals surface area contributed by atoms with Crippen LogP contribution in [0.2, 0.25) is 0 Å². The van der Waals surface area contributed by atoms with Crippen LogP contribution in [-0.4, -0.2) is 53.6 Å². The van der Waals surface area contributed by atoms with Gasteiger partial charge in [0.2, 0.25) is 5.95 Å². The van der Waals surface area contributed by atoms with Crippen molar-refractivity contribution in [3.8, 4) is 17.3 Å². The van der Waals surface area contributed by atoms with Crippen molar-refractivity contribution in [1.82, 2.24) is 15.0 Å². The maximum absolute atomic E-state index is 12.1. The van der Waals surface area contributed by atoms with Gasteiger partial charge in [-0.2, -0.15) is 10.4 Å². The van der Waals surface area contributed by atoms with Crippen molar-refractivity contribution in [2.45, 2.75) is 25.5 Å². The number of benzene rings is 1. The summed E-state index contributed by atoms with van der Waals surface area (Å²) in [6, 6.07) is 16.5. The fourth-order valence-electron chi connectivity index (χ4n) is 3.91. The molecule has 11 heteroatoms. The quantitative estimate of drug-likeness (QED) is 0.225. The van der Waals surface area contributed by atoms with E-state index < -0.39 is 5.91 Å². The third-order valence-corrected chi connectivity index (χ3v) is 5.83. The third-order valence-electron chi connectivity index (χ3n) is 5.83. The first-order chi connectivity index (χ1) is 18.5. The van der Waals surface area contributed by atoms with E-state index in [9.17, 15) is 10.1 Å².